The van der Waals surface area contributed by atoms with Crippen LogP contribution < -0.4 is 0 Å². The van der Waals surface area contributed by atoms with Gasteiger partial charge in [-0.3, -0.25) is 19.2 Å². The highest BCUT2D eigenvalue weighted by atomic mass is 16.5. The van der Waals surface area contributed by atoms with Crippen LogP contribution >= 0.6 is 0 Å². The average Bonchev–Trinajstić information content (AvgIpc) is 2.42. The van der Waals surface area contributed by atoms with Crippen molar-refractivity contribution in [1.82, 2.24) is 0 Å². The van der Waals surface area contributed by atoms with Gasteiger partial charge in [0.2, 0.25) is 0 Å². The van der Waals surface area contributed by atoms with Crippen molar-refractivity contribution in [2.45, 2.75) is 26.7 Å². The van der Waals surface area contributed by atoms with Gasteiger partial charge in [-0.1, -0.05) is 13.8 Å². The highest BCUT2D eigenvalue weighted by molar-refractivity contribution is 5.82. The maximum atomic E-state index is 11.5. The van der Waals surface area contributed by atoms with Crippen LogP contribution in [-0.4, -0.2) is 48.3 Å². The lowest BCUT2D eigenvalue weighted by Gasteiger charge is -2.29. The lowest BCUT2D eigenvalue weighted by atomic mass is 9.74. The number of methoxy groups -OCH3 is 2. The Bertz CT molecular complexity index is 391. The summed E-state index contributed by atoms with van der Waals surface area (Å²) in [5.74, 6) is -8.07. The summed E-state index contributed by atoms with van der Waals surface area (Å²) in [5.41, 5.74) is 0. The normalized spacial score (nSPS) is 16.0. The molecule has 0 saturated heterocycles. The summed E-state index contributed by atoms with van der Waals surface area (Å²) < 4.78 is 8.96. The molecule has 0 rings (SSSR count). The third-order valence-corrected chi connectivity index (χ3v) is 3.62. The van der Waals surface area contributed by atoms with Crippen molar-refractivity contribution >= 4 is 23.9 Å². The van der Waals surface area contributed by atoms with Crippen LogP contribution in [0.15, 0.2) is 0 Å². The van der Waals surface area contributed by atoms with Crippen molar-refractivity contribution in [3.05, 3.63) is 0 Å². The summed E-state index contributed by atoms with van der Waals surface area (Å²) in [6, 6.07) is 0. The molecule has 4 unspecified atom stereocenters. The first kappa shape index (κ1) is 19.9. The molecule has 0 aliphatic carbocycles. The molecule has 0 amide bonds. The van der Waals surface area contributed by atoms with E-state index in [4.69, 9.17) is 0 Å². The molecule has 2 N–H and O–H groups in total. The van der Waals surface area contributed by atoms with E-state index in [-0.39, 0.29) is 12.8 Å². The number of carboxylic acid groups (broad SMARTS) is 2. The predicted octanol–water partition coefficient (Wildman–Crippen LogP) is 0.786. The Morgan fingerprint density at radius 1 is 0.773 bits per heavy atom. The molecule has 0 spiro atoms. The molecule has 4 atom stereocenters. The minimum atomic E-state index is -1.33. The maximum Gasteiger partial charge on any atom is 0.307 e. The fourth-order valence-electron chi connectivity index (χ4n) is 2.45. The first-order valence-electron chi connectivity index (χ1n) is 6.74. The Kier molecular flexibility index (Phi) is 8.14. The van der Waals surface area contributed by atoms with Gasteiger partial charge in [-0.15, -0.1) is 0 Å². The Morgan fingerprint density at radius 2 is 1.05 bits per heavy atom. The SMILES string of the molecule is COC(=O)CC(C)C(C(=O)O)C(C(=O)O)C(C)CC(=O)OC. The minimum absolute atomic E-state index is 0.220. The fourth-order valence-corrected chi connectivity index (χ4v) is 2.45. The van der Waals surface area contributed by atoms with E-state index in [0.717, 1.165) is 0 Å². The zero-order chi connectivity index (χ0) is 17.4. The number of hydrogen-bond donors (Lipinski definition) is 2. The summed E-state index contributed by atoms with van der Waals surface area (Å²) in [5, 5.41) is 18.7. The molecule has 0 aromatic heterocycles. The first-order chi connectivity index (χ1) is 10.1. The van der Waals surface area contributed by atoms with E-state index in [9.17, 15) is 29.4 Å². The summed E-state index contributed by atoms with van der Waals surface area (Å²) in [7, 11) is 2.33. The van der Waals surface area contributed by atoms with Gasteiger partial charge in [0.25, 0.3) is 0 Å². The van der Waals surface area contributed by atoms with Crippen LogP contribution in [-0.2, 0) is 28.7 Å². The van der Waals surface area contributed by atoms with Gasteiger partial charge >= 0.3 is 23.9 Å². The largest absolute Gasteiger partial charge is 0.481 e. The number of aliphatic carboxylic acids is 2. The van der Waals surface area contributed by atoms with Gasteiger partial charge in [-0.25, -0.2) is 0 Å². The molecule has 0 saturated carbocycles. The standard InChI is InChI=1S/C14H22O8/c1-7(5-9(15)21-3)11(13(17)18)12(14(19)20)8(2)6-10(16)22-4/h7-8,11-12H,5-6H2,1-4H3,(H,17,18)(H,19,20). The summed E-state index contributed by atoms with van der Waals surface area (Å²) >= 11 is 0. The Morgan fingerprint density at radius 3 is 1.23 bits per heavy atom. The maximum absolute atomic E-state index is 11.5. The van der Waals surface area contributed by atoms with E-state index < -0.39 is 47.5 Å². The lowest BCUT2D eigenvalue weighted by molar-refractivity contribution is -0.161. The van der Waals surface area contributed by atoms with E-state index in [1.165, 1.54) is 28.1 Å². The molecule has 8 nitrogen and oxygen atoms in total. The highest BCUT2D eigenvalue weighted by Gasteiger charge is 2.42. The Balaban J connectivity index is 5.35. The zero-order valence-electron chi connectivity index (χ0n) is 13.1. The number of esters is 2. The van der Waals surface area contributed by atoms with Crippen molar-refractivity contribution in [3.8, 4) is 0 Å². The lowest BCUT2D eigenvalue weighted by Crippen LogP contribution is -2.39. The third kappa shape index (κ3) is 5.71. The Hall–Kier alpha value is -2.12. The molecule has 0 aliphatic rings. The van der Waals surface area contributed by atoms with Crippen LogP contribution in [0, 0.1) is 23.7 Å². The van der Waals surface area contributed by atoms with Crippen LogP contribution in [0.1, 0.15) is 26.7 Å². The average molecular weight is 318 g/mol. The van der Waals surface area contributed by atoms with Crippen LogP contribution in [0.3, 0.4) is 0 Å². The molecule has 0 heterocycles. The molecule has 0 aromatic rings. The van der Waals surface area contributed by atoms with Gasteiger partial charge in [0, 0.05) is 12.8 Å². The topological polar surface area (TPSA) is 127 Å². The summed E-state index contributed by atoms with van der Waals surface area (Å²) in [6.45, 7) is 2.94. The van der Waals surface area contributed by atoms with Crippen molar-refractivity contribution in [3.63, 3.8) is 0 Å². The third-order valence-electron chi connectivity index (χ3n) is 3.62. The van der Waals surface area contributed by atoms with E-state index in [1.807, 2.05) is 0 Å². The number of rotatable bonds is 9. The van der Waals surface area contributed by atoms with E-state index in [2.05, 4.69) is 9.47 Å². The van der Waals surface area contributed by atoms with E-state index >= 15 is 0 Å². The molecule has 0 aliphatic heterocycles. The highest BCUT2D eigenvalue weighted by Crippen LogP contribution is 2.32. The molecular formula is C14H22O8. The van der Waals surface area contributed by atoms with Gasteiger partial charge in [0.1, 0.15) is 0 Å². The molecule has 0 radical (unpaired) electrons. The van der Waals surface area contributed by atoms with Crippen LogP contribution in [0.2, 0.25) is 0 Å². The smallest absolute Gasteiger partial charge is 0.307 e. The number of carboxylic acids is 2. The van der Waals surface area contributed by atoms with Crippen LogP contribution in [0.25, 0.3) is 0 Å². The van der Waals surface area contributed by atoms with Gasteiger partial charge in [0.15, 0.2) is 0 Å². The van der Waals surface area contributed by atoms with Crippen LogP contribution in [0.4, 0.5) is 0 Å². The van der Waals surface area contributed by atoms with E-state index in [1.54, 1.807) is 0 Å². The first-order valence-corrected chi connectivity index (χ1v) is 6.74. The van der Waals surface area contributed by atoms with Crippen molar-refractivity contribution < 1.29 is 38.9 Å². The molecule has 22 heavy (non-hydrogen) atoms. The molecular weight excluding hydrogens is 296 g/mol. The van der Waals surface area contributed by atoms with Crippen molar-refractivity contribution in [1.29, 1.82) is 0 Å². The predicted molar refractivity (Wildman–Crippen MR) is 73.8 cm³/mol. The quantitative estimate of drug-likeness (QED) is 0.597. The minimum Gasteiger partial charge on any atom is -0.481 e. The molecule has 0 bridgehead atoms. The van der Waals surface area contributed by atoms with Gasteiger partial charge < -0.3 is 19.7 Å². The Labute approximate surface area is 128 Å². The number of hydrogen-bond acceptors (Lipinski definition) is 6. The van der Waals surface area contributed by atoms with Gasteiger partial charge in [-0.2, -0.15) is 0 Å². The van der Waals surface area contributed by atoms with Crippen molar-refractivity contribution in [2.24, 2.45) is 23.7 Å². The molecule has 126 valence electrons. The van der Waals surface area contributed by atoms with Crippen molar-refractivity contribution in [2.75, 3.05) is 14.2 Å². The molecule has 0 aromatic carbocycles. The monoisotopic (exact) mass is 318 g/mol. The molecule has 0 fully saturated rings. The molecule has 8 heteroatoms. The second-order valence-electron chi connectivity index (χ2n) is 5.24. The number of carbonyl (C=O) groups is 4. The second kappa shape index (κ2) is 9.01. The zero-order valence-corrected chi connectivity index (χ0v) is 13.1. The summed E-state index contributed by atoms with van der Waals surface area (Å²) in [4.78, 5) is 45.6. The number of ether oxygens (including phenoxy) is 2. The van der Waals surface area contributed by atoms with Gasteiger partial charge in [-0.05, 0) is 11.8 Å². The fraction of sp³-hybridized carbons (Fsp3) is 0.714. The number of carbonyl (C=O) groups excluding carboxylic acids is 2. The van der Waals surface area contributed by atoms with Crippen LogP contribution in [0.5, 0.6) is 0 Å². The second-order valence-corrected chi connectivity index (χ2v) is 5.24. The summed E-state index contributed by atoms with van der Waals surface area (Å²) in [6.07, 6.45) is -0.440. The van der Waals surface area contributed by atoms with E-state index in [0.29, 0.717) is 0 Å². The van der Waals surface area contributed by atoms with Gasteiger partial charge in [0.05, 0.1) is 26.1 Å².